The number of anilines is 2. The zero-order chi connectivity index (χ0) is 21.8. The summed E-state index contributed by atoms with van der Waals surface area (Å²) >= 11 is 0. The molecule has 3 aromatic rings. The normalized spacial score (nSPS) is 14.6. The molecule has 0 bridgehead atoms. The highest BCUT2D eigenvalue weighted by atomic mass is 16.2. The Hall–Kier alpha value is -3.52. The third-order valence-electron chi connectivity index (χ3n) is 5.43. The molecule has 0 saturated carbocycles. The van der Waals surface area contributed by atoms with Crippen molar-refractivity contribution in [1.82, 2.24) is 14.5 Å². The van der Waals surface area contributed by atoms with Crippen molar-refractivity contribution in [1.29, 1.82) is 0 Å². The van der Waals surface area contributed by atoms with Gasteiger partial charge in [-0.2, -0.15) is 0 Å². The molecule has 0 radical (unpaired) electrons. The molecule has 1 saturated heterocycles. The molecular weight excluding hydrogens is 392 g/mol. The molecular formula is C23H26N6O2. The monoisotopic (exact) mass is 418 g/mol. The molecule has 0 aliphatic carbocycles. The minimum absolute atomic E-state index is 0.0557. The largest absolute Gasteiger partial charge is 0.354 e. The van der Waals surface area contributed by atoms with Gasteiger partial charge in [0.05, 0.1) is 0 Å². The zero-order valence-electron chi connectivity index (χ0n) is 17.5. The number of pyridine rings is 1. The molecule has 1 fully saturated rings. The van der Waals surface area contributed by atoms with Crippen molar-refractivity contribution < 1.29 is 4.79 Å². The number of hydrogen-bond acceptors (Lipinski definition) is 6. The van der Waals surface area contributed by atoms with E-state index >= 15 is 0 Å². The second kappa shape index (κ2) is 9.09. The molecule has 160 valence electrons. The van der Waals surface area contributed by atoms with Crippen molar-refractivity contribution in [3.05, 3.63) is 70.8 Å². The highest BCUT2D eigenvalue weighted by Crippen LogP contribution is 2.29. The Balaban J connectivity index is 1.65. The fourth-order valence-electron chi connectivity index (χ4n) is 3.80. The summed E-state index contributed by atoms with van der Waals surface area (Å²) < 4.78 is 1.45. The lowest BCUT2D eigenvalue weighted by atomic mass is 10.1. The van der Waals surface area contributed by atoms with Gasteiger partial charge >= 0.3 is 0 Å². The highest BCUT2D eigenvalue weighted by Gasteiger charge is 2.29. The molecule has 4 rings (SSSR count). The van der Waals surface area contributed by atoms with Crippen molar-refractivity contribution in [3.63, 3.8) is 0 Å². The van der Waals surface area contributed by atoms with E-state index in [9.17, 15) is 9.59 Å². The maximum absolute atomic E-state index is 13.3. The third kappa shape index (κ3) is 4.49. The first-order valence-electron chi connectivity index (χ1n) is 10.4. The first kappa shape index (κ1) is 20.7. The van der Waals surface area contributed by atoms with Gasteiger partial charge in [-0.05, 0) is 30.5 Å². The number of aromatic nitrogens is 3. The molecule has 3 N–H and O–H groups in total. The molecule has 1 amide bonds. The Morgan fingerprint density at radius 3 is 2.55 bits per heavy atom. The maximum atomic E-state index is 13.3. The molecule has 8 nitrogen and oxygen atoms in total. The van der Waals surface area contributed by atoms with Crippen molar-refractivity contribution in [2.24, 2.45) is 12.8 Å². The maximum Gasteiger partial charge on any atom is 0.279 e. The van der Waals surface area contributed by atoms with E-state index in [1.54, 1.807) is 36.5 Å². The molecule has 0 unspecified atom stereocenters. The van der Waals surface area contributed by atoms with E-state index in [0.29, 0.717) is 43.3 Å². The molecule has 31 heavy (non-hydrogen) atoms. The molecule has 1 aromatic carbocycles. The van der Waals surface area contributed by atoms with Crippen LogP contribution in [0.15, 0.2) is 59.7 Å². The summed E-state index contributed by atoms with van der Waals surface area (Å²) in [5.41, 5.74) is 8.71. The molecule has 3 heterocycles. The first-order chi connectivity index (χ1) is 15.0. The minimum atomic E-state index is -0.267. The van der Waals surface area contributed by atoms with Crippen LogP contribution in [-0.4, -0.2) is 39.6 Å². The number of nitrogens with one attached hydrogen (secondary N) is 1. The fraction of sp³-hybridized carbons (Fsp3) is 0.304. The summed E-state index contributed by atoms with van der Waals surface area (Å²) in [6, 6.07) is 13.5. The second-order valence-corrected chi connectivity index (χ2v) is 7.71. The van der Waals surface area contributed by atoms with Crippen molar-refractivity contribution >= 4 is 17.5 Å². The minimum Gasteiger partial charge on any atom is -0.354 e. The van der Waals surface area contributed by atoms with Crippen LogP contribution in [0.5, 0.6) is 0 Å². The molecule has 1 atom stereocenters. The molecule has 2 aromatic heterocycles. The summed E-state index contributed by atoms with van der Waals surface area (Å²) in [6.45, 7) is 0.968. The topological polar surface area (TPSA) is 106 Å². The van der Waals surface area contributed by atoms with Crippen molar-refractivity contribution in [3.8, 4) is 11.3 Å². The summed E-state index contributed by atoms with van der Waals surface area (Å²) in [7, 11) is 1.65. The Labute approximate surface area is 180 Å². The molecule has 1 aliphatic heterocycles. The van der Waals surface area contributed by atoms with Gasteiger partial charge in [0.15, 0.2) is 0 Å². The van der Waals surface area contributed by atoms with E-state index < -0.39 is 0 Å². The van der Waals surface area contributed by atoms with E-state index in [1.165, 1.54) is 4.57 Å². The van der Waals surface area contributed by atoms with Crippen LogP contribution in [0.25, 0.3) is 11.3 Å². The van der Waals surface area contributed by atoms with E-state index in [4.69, 9.17) is 10.7 Å². The fourth-order valence-corrected chi connectivity index (χ4v) is 3.80. The molecule has 8 heteroatoms. The summed E-state index contributed by atoms with van der Waals surface area (Å²) in [5, 5.41) is 3.22. The number of hydrogen-bond donors (Lipinski definition) is 2. The van der Waals surface area contributed by atoms with E-state index in [1.807, 2.05) is 30.3 Å². The molecule has 1 aliphatic rings. The lowest BCUT2D eigenvalue weighted by Gasteiger charge is -2.22. The Morgan fingerprint density at radius 1 is 1.13 bits per heavy atom. The summed E-state index contributed by atoms with van der Waals surface area (Å²) in [4.78, 5) is 36.0. The van der Waals surface area contributed by atoms with Crippen LogP contribution in [0, 0.1) is 0 Å². The lowest BCUT2D eigenvalue weighted by Crippen LogP contribution is -2.36. The number of rotatable bonds is 7. The first-order valence-corrected chi connectivity index (χ1v) is 10.4. The number of carbonyl (C=O) groups is 1. The van der Waals surface area contributed by atoms with Crippen LogP contribution < -0.4 is 21.5 Å². The van der Waals surface area contributed by atoms with Crippen molar-refractivity contribution in [2.75, 3.05) is 23.3 Å². The third-order valence-corrected chi connectivity index (χ3v) is 5.43. The number of benzene rings is 1. The van der Waals surface area contributed by atoms with Gasteiger partial charge in [-0.15, -0.1) is 0 Å². The van der Waals surface area contributed by atoms with Gasteiger partial charge in [-0.3, -0.25) is 19.1 Å². The summed E-state index contributed by atoms with van der Waals surface area (Å²) in [6.07, 6.45) is 5.17. The highest BCUT2D eigenvalue weighted by molar-refractivity contribution is 5.98. The smallest absolute Gasteiger partial charge is 0.279 e. The van der Waals surface area contributed by atoms with Crippen molar-refractivity contribution in [2.45, 2.75) is 25.3 Å². The quantitative estimate of drug-likeness (QED) is 0.608. The van der Waals surface area contributed by atoms with Crippen LogP contribution in [0.4, 0.5) is 11.6 Å². The van der Waals surface area contributed by atoms with Crippen LogP contribution in [0.1, 0.15) is 18.4 Å². The van der Waals surface area contributed by atoms with E-state index in [0.717, 1.165) is 17.5 Å². The van der Waals surface area contributed by atoms with Gasteiger partial charge in [-0.25, -0.2) is 4.98 Å². The standard InChI is InChI=1S/C23H26N6O2/c1-28-22(31)21(29-13-5-8-19(29)30)20(17-9-11-25-12-10-17)27-23(28)26-15-18(24)14-16-6-3-2-4-7-16/h2-4,6-7,9-12,18H,5,8,13-15,24H2,1H3,(H,26,27)/t18-/m0/s1. The SMILES string of the molecule is Cn1c(NC[C@@H](N)Cc2ccccc2)nc(-c2ccncc2)c(N2CCCC2=O)c1=O. The van der Waals surface area contributed by atoms with Gasteiger partial charge in [0, 0.05) is 50.6 Å². The number of carbonyl (C=O) groups excluding carboxylic acids is 1. The average molecular weight is 419 g/mol. The van der Waals surface area contributed by atoms with Crippen LogP contribution in [-0.2, 0) is 18.3 Å². The number of nitrogens with zero attached hydrogens (tertiary/aromatic N) is 4. The Bertz CT molecular complexity index is 1110. The van der Waals surface area contributed by atoms with E-state index in [-0.39, 0.29) is 17.5 Å². The number of nitrogens with two attached hydrogens (primary N) is 1. The van der Waals surface area contributed by atoms with Crippen LogP contribution in [0.3, 0.4) is 0 Å². The molecule has 0 spiro atoms. The second-order valence-electron chi connectivity index (χ2n) is 7.71. The Kier molecular flexibility index (Phi) is 6.08. The van der Waals surface area contributed by atoms with E-state index in [2.05, 4.69) is 10.3 Å². The van der Waals surface area contributed by atoms with Gasteiger partial charge in [0.25, 0.3) is 5.56 Å². The van der Waals surface area contributed by atoms with Gasteiger partial charge in [0.2, 0.25) is 11.9 Å². The predicted octanol–water partition coefficient (Wildman–Crippen LogP) is 1.95. The average Bonchev–Trinajstić information content (AvgIpc) is 3.21. The van der Waals surface area contributed by atoms with Crippen LogP contribution in [0.2, 0.25) is 0 Å². The van der Waals surface area contributed by atoms with Crippen LogP contribution >= 0.6 is 0 Å². The van der Waals surface area contributed by atoms with Gasteiger partial charge in [0.1, 0.15) is 11.4 Å². The van der Waals surface area contributed by atoms with Gasteiger partial charge < -0.3 is 16.0 Å². The lowest BCUT2D eigenvalue weighted by molar-refractivity contribution is -0.117. The zero-order valence-corrected chi connectivity index (χ0v) is 17.5. The number of amides is 1. The van der Waals surface area contributed by atoms with Gasteiger partial charge in [-0.1, -0.05) is 30.3 Å². The Morgan fingerprint density at radius 2 is 1.87 bits per heavy atom. The summed E-state index contributed by atoms with van der Waals surface area (Å²) in [5.74, 6) is 0.357. The predicted molar refractivity (Wildman–Crippen MR) is 121 cm³/mol.